The van der Waals surface area contributed by atoms with Crippen molar-refractivity contribution in [3.63, 3.8) is 0 Å². The van der Waals surface area contributed by atoms with Gasteiger partial charge in [0.15, 0.2) is 0 Å². The molecule has 1 aromatic carbocycles. The zero-order valence-corrected chi connectivity index (χ0v) is 21.9. The van der Waals surface area contributed by atoms with Crippen molar-refractivity contribution in [1.29, 1.82) is 0 Å². The molecular weight excluding hydrogens is 418 g/mol. The Bertz CT molecular complexity index is 802. The molecule has 0 radical (unpaired) electrons. The number of hydrogen-bond donors (Lipinski definition) is 2. The normalized spacial score (nSPS) is 12.6. The summed E-state index contributed by atoms with van der Waals surface area (Å²) in [4.78, 5) is 40.7. The van der Waals surface area contributed by atoms with Gasteiger partial charge in [-0.15, -0.1) is 0 Å². The number of amides is 3. The van der Waals surface area contributed by atoms with E-state index in [0.29, 0.717) is 6.54 Å². The minimum Gasteiger partial charge on any atom is -0.444 e. The van der Waals surface area contributed by atoms with Gasteiger partial charge in [-0.05, 0) is 78.5 Å². The average molecular weight is 462 g/mol. The SMILES string of the molecule is CCCCCNC(=O)C(c1c(C)cccc1C)N(C(=O)CNC(=O)OC(C)(C)C)C(C)(C)C. The van der Waals surface area contributed by atoms with Crippen LogP contribution in [0.15, 0.2) is 18.2 Å². The highest BCUT2D eigenvalue weighted by atomic mass is 16.6. The Hall–Kier alpha value is -2.57. The quantitative estimate of drug-likeness (QED) is 0.517. The van der Waals surface area contributed by atoms with Gasteiger partial charge in [-0.3, -0.25) is 9.59 Å². The fraction of sp³-hybridized carbons (Fsp3) is 0.654. The molecule has 0 aromatic heterocycles. The third-order valence-electron chi connectivity index (χ3n) is 5.18. The van der Waals surface area contributed by atoms with E-state index in [1.54, 1.807) is 25.7 Å². The summed E-state index contributed by atoms with van der Waals surface area (Å²) in [6.07, 6.45) is 2.29. The van der Waals surface area contributed by atoms with E-state index in [9.17, 15) is 14.4 Å². The number of rotatable bonds is 9. The molecule has 1 rings (SSSR count). The second kappa shape index (κ2) is 12.1. The van der Waals surface area contributed by atoms with Crippen molar-refractivity contribution < 1.29 is 19.1 Å². The topological polar surface area (TPSA) is 87.7 Å². The molecule has 0 spiro atoms. The van der Waals surface area contributed by atoms with Gasteiger partial charge in [-0.2, -0.15) is 0 Å². The Kier molecular flexibility index (Phi) is 10.4. The smallest absolute Gasteiger partial charge is 0.408 e. The van der Waals surface area contributed by atoms with Crippen LogP contribution in [0.25, 0.3) is 0 Å². The molecular formula is C26H43N3O4. The first-order chi connectivity index (χ1) is 15.2. The van der Waals surface area contributed by atoms with Crippen LogP contribution >= 0.6 is 0 Å². The Morgan fingerprint density at radius 2 is 1.55 bits per heavy atom. The van der Waals surface area contributed by atoms with E-state index >= 15 is 0 Å². The molecule has 2 N–H and O–H groups in total. The Morgan fingerprint density at radius 3 is 2.03 bits per heavy atom. The van der Waals surface area contributed by atoms with Crippen LogP contribution in [0.2, 0.25) is 0 Å². The van der Waals surface area contributed by atoms with Crippen LogP contribution in [0.4, 0.5) is 4.79 Å². The second-order valence-corrected chi connectivity index (χ2v) is 10.5. The van der Waals surface area contributed by atoms with Crippen LogP contribution in [0.1, 0.15) is 90.5 Å². The van der Waals surface area contributed by atoms with E-state index in [-0.39, 0.29) is 18.4 Å². The van der Waals surface area contributed by atoms with Crippen LogP contribution in [0, 0.1) is 13.8 Å². The van der Waals surface area contributed by atoms with Crippen LogP contribution in [0.3, 0.4) is 0 Å². The molecule has 7 nitrogen and oxygen atoms in total. The summed E-state index contributed by atoms with van der Waals surface area (Å²) >= 11 is 0. The molecule has 0 fully saturated rings. The lowest BCUT2D eigenvalue weighted by atomic mass is 9.90. The molecule has 1 atom stereocenters. The third kappa shape index (κ3) is 9.06. The van der Waals surface area contributed by atoms with E-state index in [0.717, 1.165) is 36.0 Å². The maximum Gasteiger partial charge on any atom is 0.408 e. The van der Waals surface area contributed by atoms with Gasteiger partial charge < -0.3 is 20.3 Å². The summed E-state index contributed by atoms with van der Waals surface area (Å²) in [5.41, 5.74) is 1.34. The maximum absolute atomic E-state index is 13.5. The molecule has 0 bridgehead atoms. The summed E-state index contributed by atoms with van der Waals surface area (Å²) in [6, 6.07) is 5.02. The summed E-state index contributed by atoms with van der Waals surface area (Å²) < 4.78 is 5.26. The first kappa shape index (κ1) is 28.5. The summed E-state index contributed by atoms with van der Waals surface area (Å²) in [6.45, 7) is 17.2. The van der Waals surface area contributed by atoms with Crippen molar-refractivity contribution in [2.24, 2.45) is 0 Å². The fourth-order valence-corrected chi connectivity index (χ4v) is 3.77. The number of carbonyl (C=O) groups excluding carboxylic acids is 3. The van der Waals surface area contributed by atoms with Crippen LogP contribution < -0.4 is 10.6 Å². The summed E-state index contributed by atoms with van der Waals surface area (Å²) in [5.74, 6) is -0.575. The molecule has 0 aliphatic carbocycles. The molecule has 33 heavy (non-hydrogen) atoms. The molecule has 7 heteroatoms. The van der Waals surface area contributed by atoms with Crippen LogP contribution in [-0.4, -0.2) is 47.0 Å². The number of ether oxygens (including phenoxy) is 1. The van der Waals surface area contributed by atoms with E-state index in [1.807, 2.05) is 52.8 Å². The van der Waals surface area contributed by atoms with Crippen molar-refractivity contribution in [2.45, 2.75) is 98.8 Å². The Labute approximate surface area is 199 Å². The predicted octanol–water partition coefficient (Wildman–Crippen LogP) is 4.80. The largest absolute Gasteiger partial charge is 0.444 e. The van der Waals surface area contributed by atoms with E-state index in [2.05, 4.69) is 17.6 Å². The van der Waals surface area contributed by atoms with Gasteiger partial charge in [0.2, 0.25) is 11.8 Å². The van der Waals surface area contributed by atoms with E-state index in [4.69, 9.17) is 4.74 Å². The summed E-state index contributed by atoms with van der Waals surface area (Å²) in [5, 5.41) is 5.57. The highest BCUT2D eigenvalue weighted by Crippen LogP contribution is 2.33. The standard InChI is InChI=1S/C26H43N3O4/c1-10-11-12-16-27-23(31)22(21-18(2)14-13-15-19(21)3)29(25(4,5)6)20(30)17-28-24(32)33-26(7,8)9/h13-15,22H,10-12,16-17H2,1-9H3,(H,27,31)(H,28,32). The number of aryl methyl sites for hydroxylation is 2. The van der Waals surface area contributed by atoms with Gasteiger partial charge >= 0.3 is 6.09 Å². The van der Waals surface area contributed by atoms with E-state index in [1.165, 1.54) is 0 Å². The monoisotopic (exact) mass is 461 g/mol. The average Bonchev–Trinajstić information content (AvgIpc) is 2.66. The number of unbranched alkanes of at least 4 members (excludes halogenated alkanes) is 2. The number of nitrogens with zero attached hydrogens (tertiary/aromatic N) is 1. The van der Waals surface area contributed by atoms with Gasteiger partial charge in [0, 0.05) is 12.1 Å². The van der Waals surface area contributed by atoms with Crippen molar-refractivity contribution in [3.05, 3.63) is 34.9 Å². The van der Waals surface area contributed by atoms with Crippen molar-refractivity contribution in [2.75, 3.05) is 13.1 Å². The van der Waals surface area contributed by atoms with Crippen molar-refractivity contribution in [3.8, 4) is 0 Å². The predicted molar refractivity (Wildman–Crippen MR) is 132 cm³/mol. The highest BCUT2D eigenvalue weighted by molar-refractivity contribution is 5.91. The fourth-order valence-electron chi connectivity index (χ4n) is 3.77. The molecule has 0 aliphatic heterocycles. The third-order valence-corrected chi connectivity index (χ3v) is 5.18. The highest BCUT2D eigenvalue weighted by Gasteiger charge is 2.39. The number of benzene rings is 1. The molecule has 0 saturated heterocycles. The summed E-state index contributed by atoms with van der Waals surface area (Å²) in [7, 11) is 0. The zero-order valence-electron chi connectivity index (χ0n) is 21.9. The Morgan fingerprint density at radius 1 is 0.970 bits per heavy atom. The number of carbonyl (C=O) groups is 3. The van der Waals surface area contributed by atoms with Gasteiger partial charge in [-0.1, -0.05) is 38.0 Å². The molecule has 0 saturated carbocycles. The van der Waals surface area contributed by atoms with Crippen molar-refractivity contribution in [1.82, 2.24) is 15.5 Å². The van der Waals surface area contributed by atoms with Gasteiger partial charge in [0.25, 0.3) is 0 Å². The molecule has 3 amide bonds. The minimum absolute atomic E-state index is 0.218. The first-order valence-corrected chi connectivity index (χ1v) is 11.8. The van der Waals surface area contributed by atoms with Crippen molar-refractivity contribution >= 4 is 17.9 Å². The second-order valence-electron chi connectivity index (χ2n) is 10.5. The molecule has 186 valence electrons. The zero-order chi connectivity index (χ0) is 25.4. The lowest BCUT2D eigenvalue weighted by molar-refractivity contribution is -0.146. The minimum atomic E-state index is -0.819. The first-order valence-electron chi connectivity index (χ1n) is 11.8. The number of nitrogens with one attached hydrogen (secondary N) is 2. The molecule has 0 heterocycles. The van der Waals surface area contributed by atoms with E-state index < -0.39 is 23.3 Å². The Balaban J connectivity index is 3.31. The van der Waals surface area contributed by atoms with Crippen LogP contribution in [-0.2, 0) is 14.3 Å². The van der Waals surface area contributed by atoms with Gasteiger partial charge in [0.1, 0.15) is 18.2 Å². The van der Waals surface area contributed by atoms with Gasteiger partial charge in [0.05, 0.1) is 0 Å². The lowest BCUT2D eigenvalue weighted by Gasteiger charge is -2.42. The number of hydrogen-bond acceptors (Lipinski definition) is 4. The molecule has 1 aromatic rings. The lowest BCUT2D eigenvalue weighted by Crippen LogP contribution is -2.55. The van der Waals surface area contributed by atoms with Gasteiger partial charge in [-0.25, -0.2) is 4.79 Å². The molecule has 1 unspecified atom stereocenters. The van der Waals surface area contributed by atoms with Crippen LogP contribution in [0.5, 0.6) is 0 Å². The number of alkyl carbamates (subject to hydrolysis) is 1. The maximum atomic E-state index is 13.5. The molecule has 0 aliphatic rings.